The van der Waals surface area contributed by atoms with Crippen molar-refractivity contribution < 1.29 is 22.0 Å². The molecule has 94 valence electrons. The Morgan fingerprint density at radius 2 is 1.71 bits per heavy atom. The normalized spacial score (nSPS) is 13.4. The molecule has 0 aliphatic rings. The van der Waals surface area contributed by atoms with Crippen LogP contribution in [0.25, 0.3) is 0 Å². The quantitative estimate of drug-likeness (QED) is 0.761. The van der Waals surface area contributed by atoms with Gasteiger partial charge in [-0.15, -0.1) is 0 Å². The molecule has 0 radical (unpaired) electrons. The first-order valence-corrected chi connectivity index (χ1v) is 6.00. The lowest BCUT2D eigenvalue weighted by Gasteiger charge is -2.11. The van der Waals surface area contributed by atoms with E-state index in [0.717, 1.165) is 6.92 Å². The Labute approximate surface area is 96.3 Å². The second kappa shape index (κ2) is 4.28. The fourth-order valence-corrected chi connectivity index (χ4v) is 2.50. The zero-order valence-corrected chi connectivity index (χ0v) is 9.59. The predicted molar refractivity (Wildman–Crippen MR) is 56.6 cm³/mol. The topological polar surface area (TPSA) is 103 Å². The van der Waals surface area contributed by atoms with Gasteiger partial charge in [-0.25, -0.2) is 17.2 Å². The third-order valence-corrected chi connectivity index (χ3v) is 4.29. The van der Waals surface area contributed by atoms with Crippen molar-refractivity contribution in [1.29, 1.82) is 0 Å². The van der Waals surface area contributed by atoms with E-state index in [0.29, 0.717) is 12.1 Å². The summed E-state index contributed by atoms with van der Waals surface area (Å²) in [6, 6.07) is 1.31. The average Bonchev–Trinajstić information content (AvgIpc) is 2.13. The van der Waals surface area contributed by atoms with Crippen LogP contribution in [-0.4, -0.2) is 19.6 Å². The van der Waals surface area contributed by atoms with E-state index < -0.39 is 37.5 Å². The summed E-state index contributed by atoms with van der Waals surface area (Å²) in [5.41, 5.74) is 9.68. The third kappa shape index (κ3) is 2.36. The van der Waals surface area contributed by atoms with Gasteiger partial charge in [0.15, 0.2) is 9.84 Å². The smallest absolute Gasteiger partial charge is 0.235 e. The largest absolute Gasteiger partial charge is 0.399 e. The van der Waals surface area contributed by atoms with E-state index in [-0.39, 0.29) is 5.69 Å². The van der Waals surface area contributed by atoms with Gasteiger partial charge >= 0.3 is 0 Å². The van der Waals surface area contributed by atoms with Crippen molar-refractivity contribution >= 4 is 21.4 Å². The standard InChI is InChI=1S/C9H10F2N2O3S/c1-4(9(13)14)17(15,16)8-6(10)2-5(12)3-7(8)11/h2-4H,12H2,1H3,(H2,13,14). The number of nitrogen functional groups attached to an aromatic ring is 1. The van der Waals surface area contributed by atoms with Gasteiger partial charge < -0.3 is 11.5 Å². The Balaban J connectivity index is 3.50. The van der Waals surface area contributed by atoms with Crippen molar-refractivity contribution in [2.24, 2.45) is 5.73 Å². The summed E-state index contributed by atoms with van der Waals surface area (Å²) in [4.78, 5) is 9.59. The first kappa shape index (κ1) is 13.4. The molecule has 4 N–H and O–H groups in total. The van der Waals surface area contributed by atoms with Crippen molar-refractivity contribution in [2.75, 3.05) is 5.73 Å². The summed E-state index contributed by atoms with van der Waals surface area (Å²) in [7, 11) is -4.50. The van der Waals surface area contributed by atoms with Crippen LogP contribution >= 0.6 is 0 Å². The van der Waals surface area contributed by atoms with Crippen LogP contribution in [0.2, 0.25) is 0 Å². The van der Waals surface area contributed by atoms with Gasteiger partial charge in [-0.3, -0.25) is 4.79 Å². The van der Waals surface area contributed by atoms with Crippen LogP contribution in [0.5, 0.6) is 0 Å². The van der Waals surface area contributed by atoms with Gasteiger partial charge in [-0.05, 0) is 19.1 Å². The number of hydrogen-bond donors (Lipinski definition) is 2. The number of primary amides is 1. The van der Waals surface area contributed by atoms with Crippen molar-refractivity contribution in [1.82, 2.24) is 0 Å². The first-order valence-electron chi connectivity index (χ1n) is 4.45. The zero-order chi connectivity index (χ0) is 13.4. The molecule has 1 aromatic carbocycles. The number of nitrogens with two attached hydrogens (primary N) is 2. The molecule has 17 heavy (non-hydrogen) atoms. The van der Waals surface area contributed by atoms with E-state index >= 15 is 0 Å². The van der Waals surface area contributed by atoms with Crippen LogP contribution in [-0.2, 0) is 14.6 Å². The molecule has 1 unspecified atom stereocenters. The number of benzene rings is 1. The molecule has 8 heteroatoms. The van der Waals surface area contributed by atoms with E-state index in [4.69, 9.17) is 11.5 Å². The highest BCUT2D eigenvalue weighted by molar-refractivity contribution is 7.92. The summed E-state index contributed by atoms with van der Waals surface area (Å²) in [6.45, 7) is 0.951. The number of carbonyl (C=O) groups is 1. The molecule has 1 amide bonds. The molecule has 0 fully saturated rings. The van der Waals surface area contributed by atoms with Crippen LogP contribution < -0.4 is 11.5 Å². The van der Waals surface area contributed by atoms with E-state index in [1.165, 1.54) is 0 Å². The molecule has 0 heterocycles. The minimum absolute atomic E-state index is 0.259. The van der Waals surface area contributed by atoms with Crippen molar-refractivity contribution in [3.05, 3.63) is 23.8 Å². The highest BCUT2D eigenvalue weighted by Crippen LogP contribution is 2.25. The molecule has 0 saturated carbocycles. The SMILES string of the molecule is CC(C(N)=O)S(=O)(=O)c1c(F)cc(N)cc1F. The lowest BCUT2D eigenvalue weighted by atomic mass is 10.3. The third-order valence-electron chi connectivity index (χ3n) is 2.17. The molecule has 0 aliphatic heterocycles. The van der Waals surface area contributed by atoms with Gasteiger partial charge in [0.1, 0.15) is 21.8 Å². The number of anilines is 1. The summed E-state index contributed by atoms with van der Waals surface area (Å²) in [5, 5.41) is -1.73. The van der Waals surface area contributed by atoms with Crippen LogP contribution in [0.1, 0.15) is 6.92 Å². The van der Waals surface area contributed by atoms with E-state index in [2.05, 4.69) is 0 Å². The maximum absolute atomic E-state index is 13.4. The Kier molecular flexibility index (Phi) is 3.37. The number of rotatable bonds is 3. The first-order chi connectivity index (χ1) is 7.67. The number of sulfone groups is 1. The lowest BCUT2D eigenvalue weighted by Crippen LogP contribution is -2.34. The number of carbonyl (C=O) groups excluding carboxylic acids is 1. The second-order valence-corrected chi connectivity index (χ2v) is 5.61. The summed E-state index contributed by atoms with van der Waals surface area (Å²) in [5.74, 6) is -3.90. The summed E-state index contributed by atoms with van der Waals surface area (Å²) < 4.78 is 50.2. The molecule has 0 aliphatic carbocycles. The Morgan fingerprint density at radius 3 is 2.06 bits per heavy atom. The molecule has 1 atom stereocenters. The maximum Gasteiger partial charge on any atom is 0.235 e. The Bertz CT molecular complexity index is 549. The molecule has 5 nitrogen and oxygen atoms in total. The highest BCUT2D eigenvalue weighted by atomic mass is 32.2. The maximum atomic E-state index is 13.4. The second-order valence-electron chi connectivity index (χ2n) is 3.40. The Morgan fingerprint density at radius 1 is 1.29 bits per heavy atom. The van der Waals surface area contributed by atoms with E-state index in [9.17, 15) is 22.0 Å². The average molecular weight is 264 g/mol. The molecular weight excluding hydrogens is 254 g/mol. The zero-order valence-electron chi connectivity index (χ0n) is 8.78. The highest BCUT2D eigenvalue weighted by Gasteiger charge is 2.33. The summed E-state index contributed by atoms with van der Waals surface area (Å²) in [6.07, 6.45) is 0. The predicted octanol–water partition coefficient (Wildman–Crippen LogP) is 0.195. The Hall–Kier alpha value is -1.70. The van der Waals surface area contributed by atoms with Gasteiger partial charge in [-0.1, -0.05) is 0 Å². The van der Waals surface area contributed by atoms with Crippen LogP contribution in [0.3, 0.4) is 0 Å². The van der Waals surface area contributed by atoms with Crippen molar-refractivity contribution in [3.8, 4) is 0 Å². The van der Waals surface area contributed by atoms with Gasteiger partial charge in [0, 0.05) is 5.69 Å². The molecule has 1 rings (SSSR count). The van der Waals surface area contributed by atoms with Crippen molar-refractivity contribution in [3.63, 3.8) is 0 Å². The lowest BCUT2D eigenvalue weighted by molar-refractivity contribution is -0.117. The summed E-state index contributed by atoms with van der Waals surface area (Å²) >= 11 is 0. The van der Waals surface area contributed by atoms with Gasteiger partial charge in [-0.2, -0.15) is 0 Å². The van der Waals surface area contributed by atoms with Gasteiger partial charge in [0.05, 0.1) is 0 Å². The molecule has 0 spiro atoms. The molecular formula is C9H10F2N2O3S. The number of halogens is 2. The molecule has 0 saturated heterocycles. The van der Waals surface area contributed by atoms with E-state index in [1.54, 1.807) is 0 Å². The van der Waals surface area contributed by atoms with Crippen molar-refractivity contribution in [2.45, 2.75) is 17.1 Å². The molecule has 0 aromatic heterocycles. The molecule has 1 aromatic rings. The van der Waals surface area contributed by atoms with E-state index in [1.807, 2.05) is 0 Å². The number of amides is 1. The number of hydrogen-bond acceptors (Lipinski definition) is 4. The minimum Gasteiger partial charge on any atom is -0.399 e. The fourth-order valence-electron chi connectivity index (χ4n) is 1.18. The van der Waals surface area contributed by atoms with Crippen LogP contribution in [0.4, 0.5) is 14.5 Å². The van der Waals surface area contributed by atoms with Crippen LogP contribution in [0, 0.1) is 11.6 Å². The monoisotopic (exact) mass is 264 g/mol. The van der Waals surface area contributed by atoms with Gasteiger partial charge in [0.25, 0.3) is 0 Å². The minimum atomic E-state index is -4.50. The molecule has 0 bridgehead atoms. The van der Waals surface area contributed by atoms with Crippen LogP contribution in [0.15, 0.2) is 17.0 Å². The van der Waals surface area contributed by atoms with Gasteiger partial charge in [0.2, 0.25) is 5.91 Å². The fraction of sp³-hybridized carbons (Fsp3) is 0.222.